The fraction of sp³-hybridized carbons (Fsp3) is 0.227. The number of halogens is 1. The number of hydrogen-bond donors (Lipinski definition) is 1. The summed E-state index contributed by atoms with van der Waals surface area (Å²) in [6.07, 6.45) is 3.80. The third kappa shape index (κ3) is 4.49. The predicted molar refractivity (Wildman–Crippen MR) is 114 cm³/mol. The molecule has 6 nitrogen and oxygen atoms in total. The molecule has 29 heavy (non-hydrogen) atoms. The van der Waals surface area contributed by atoms with Crippen LogP contribution < -0.4 is 5.32 Å². The standard InChI is InChI=1S/C22H21ClN4O2/c1-2-12-27-13-11-16-14-18(7-8-19(16)27)24-20(28)9-10-21-25-22(26-29-21)15-3-5-17(23)6-4-15/h3-8,11,13-14H,2,9-10,12H2,1H3,(H,24,28). The molecule has 0 unspecified atom stereocenters. The molecule has 4 rings (SSSR count). The van der Waals surface area contributed by atoms with E-state index in [-0.39, 0.29) is 12.3 Å². The van der Waals surface area contributed by atoms with Crippen molar-refractivity contribution in [3.05, 3.63) is 65.6 Å². The molecule has 2 heterocycles. The molecule has 0 atom stereocenters. The number of carbonyl (C=O) groups excluding carboxylic acids is 1. The van der Waals surface area contributed by atoms with Gasteiger partial charge in [0, 0.05) is 52.8 Å². The van der Waals surface area contributed by atoms with E-state index in [0.717, 1.165) is 29.6 Å². The van der Waals surface area contributed by atoms with E-state index in [4.69, 9.17) is 16.1 Å². The van der Waals surface area contributed by atoms with E-state index < -0.39 is 0 Å². The number of hydrogen-bond acceptors (Lipinski definition) is 4. The molecule has 2 aromatic heterocycles. The number of amides is 1. The average Bonchev–Trinajstić information content (AvgIpc) is 3.35. The van der Waals surface area contributed by atoms with Crippen LogP contribution in [-0.2, 0) is 17.8 Å². The summed E-state index contributed by atoms with van der Waals surface area (Å²) in [5, 5.41) is 8.66. The largest absolute Gasteiger partial charge is 0.347 e. The second-order valence-electron chi connectivity index (χ2n) is 6.85. The van der Waals surface area contributed by atoms with Gasteiger partial charge in [0.1, 0.15) is 0 Å². The number of aryl methyl sites for hydroxylation is 2. The molecular formula is C22H21ClN4O2. The van der Waals surface area contributed by atoms with Gasteiger partial charge in [-0.2, -0.15) is 4.98 Å². The van der Waals surface area contributed by atoms with Crippen LogP contribution in [0, 0.1) is 0 Å². The Morgan fingerprint density at radius 1 is 1.17 bits per heavy atom. The quantitative estimate of drug-likeness (QED) is 0.448. The molecule has 0 fully saturated rings. The Labute approximate surface area is 173 Å². The van der Waals surface area contributed by atoms with Gasteiger partial charge in [-0.1, -0.05) is 23.7 Å². The molecular weight excluding hydrogens is 388 g/mol. The number of rotatable bonds is 7. The Kier molecular flexibility index (Phi) is 5.62. The average molecular weight is 409 g/mol. The number of nitrogens with zero attached hydrogens (tertiary/aromatic N) is 3. The van der Waals surface area contributed by atoms with E-state index in [1.165, 1.54) is 5.52 Å². The zero-order valence-corrected chi connectivity index (χ0v) is 16.8. The van der Waals surface area contributed by atoms with Gasteiger partial charge in [0.2, 0.25) is 17.6 Å². The minimum atomic E-state index is -0.0939. The van der Waals surface area contributed by atoms with Crippen molar-refractivity contribution in [1.82, 2.24) is 14.7 Å². The summed E-state index contributed by atoms with van der Waals surface area (Å²) in [6.45, 7) is 3.14. The minimum absolute atomic E-state index is 0.0939. The van der Waals surface area contributed by atoms with E-state index in [1.807, 2.05) is 30.3 Å². The zero-order valence-electron chi connectivity index (χ0n) is 16.1. The van der Waals surface area contributed by atoms with Crippen LogP contribution in [0.4, 0.5) is 5.69 Å². The molecule has 7 heteroatoms. The van der Waals surface area contributed by atoms with E-state index >= 15 is 0 Å². The molecule has 0 spiro atoms. The van der Waals surface area contributed by atoms with Gasteiger partial charge < -0.3 is 14.4 Å². The minimum Gasteiger partial charge on any atom is -0.347 e. The van der Waals surface area contributed by atoms with E-state index in [0.29, 0.717) is 23.2 Å². The van der Waals surface area contributed by atoms with E-state index in [2.05, 4.69) is 39.2 Å². The zero-order chi connectivity index (χ0) is 20.2. The van der Waals surface area contributed by atoms with Crippen molar-refractivity contribution in [2.45, 2.75) is 32.7 Å². The number of nitrogens with one attached hydrogen (secondary N) is 1. The third-order valence-electron chi connectivity index (χ3n) is 4.66. The van der Waals surface area contributed by atoms with Crippen molar-refractivity contribution >= 4 is 34.1 Å². The van der Waals surface area contributed by atoms with Crippen molar-refractivity contribution in [2.75, 3.05) is 5.32 Å². The van der Waals surface area contributed by atoms with Gasteiger partial charge in [0.05, 0.1) is 0 Å². The lowest BCUT2D eigenvalue weighted by atomic mass is 10.2. The molecule has 0 saturated heterocycles. The molecule has 2 aromatic carbocycles. The molecule has 0 radical (unpaired) electrons. The van der Waals surface area contributed by atoms with Crippen LogP contribution in [0.25, 0.3) is 22.3 Å². The molecule has 0 aliphatic carbocycles. The fourth-order valence-corrected chi connectivity index (χ4v) is 3.36. The van der Waals surface area contributed by atoms with Crippen LogP contribution in [0.15, 0.2) is 59.3 Å². The van der Waals surface area contributed by atoms with Crippen molar-refractivity contribution in [3.63, 3.8) is 0 Å². The van der Waals surface area contributed by atoms with Gasteiger partial charge in [-0.25, -0.2) is 0 Å². The molecule has 1 amide bonds. The lowest BCUT2D eigenvalue weighted by Gasteiger charge is -2.06. The number of fused-ring (bicyclic) bond motifs is 1. The number of anilines is 1. The Morgan fingerprint density at radius 2 is 2.00 bits per heavy atom. The molecule has 0 bridgehead atoms. The molecule has 1 N–H and O–H groups in total. The second-order valence-corrected chi connectivity index (χ2v) is 7.29. The van der Waals surface area contributed by atoms with Crippen LogP contribution in [0.3, 0.4) is 0 Å². The summed E-state index contributed by atoms with van der Waals surface area (Å²) < 4.78 is 7.47. The van der Waals surface area contributed by atoms with Crippen LogP contribution in [0.5, 0.6) is 0 Å². The molecule has 4 aromatic rings. The second kappa shape index (κ2) is 8.49. The highest BCUT2D eigenvalue weighted by Crippen LogP contribution is 2.22. The van der Waals surface area contributed by atoms with Gasteiger partial charge in [0.15, 0.2) is 0 Å². The highest BCUT2D eigenvalue weighted by molar-refractivity contribution is 6.30. The normalized spacial score (nSPS) is 11.1. The first-order valence-corrected chi connectivity index (χ1v) is 9.97. The maximum absolute atomic E-state index is 12.3. The fourth-order valence-electron chi connectivity index (χ4n) is 3.23. The van der Waals surface area contributed by atoms with Gasteiger partial charge in [-0.3, -0.25) is 4.79 Å². The lowest BCUT2D eigenvalue weighted by Crippen LogP contribution is -2.12. The maximum atomic E-state index is 12.3. The molecule has 0 aliphatic rings. The van der Waals surface area contributed by atoms with Crippen molar-refractivity contribution in [3.8, 4) is 11.4 Å². The topological polar surface area (TPSA) is 73.0 Å². The summed E-state index contributed by atoms with van der Waals surface area (Å²) >= 11 is 5.89. The van der Waals surface area contributed by atoms with Crippen molar-refractivity contribution in [2.24, 2.45) is 0 Å². The van der Waals surface area contributed by atoms with Crippen molar-refractivity contribution in [1.29, 1.82) is 0 Å². The van der Waals surface area contributed by atoms with Gasteiger partial charge in [0.25, 0.3) is 0 Å². The SMILES string of the molecule is CCCn1ccc2cc(NC(=O)CCc3nc(-c4ccc(Cl)cc4)no3)ccc21. The third-order valence-corrected chi connectivity index (χ3v) is 4.91. The monoisotopic (exact) mass is 408 g/mol. The van der Waals surface area contributed by atoms with Gasteiger partial charge in [-0.05, 0) is 55.0 Å². The van der Waals surface area contributed by atoms with Crippen LogP contribution in [-0.4, -0.2) is 20.6 Å². The molecule has 0 saturated carbocycles. The Bertz CT molecular complexity index is 1130. The van der Waals surface area contributed by atoms with Crippen LogP contribution in [0.2, 0.25) is 5.02 Å². The van der Waals surface area contributed by atoms with Crippen molar-refractivity contribution < 1.29 is 9.32 Å². The predicted octanol–water partition coefficient (Wildman–Crippen LogP) is 5.33. The van der Waals surface area contributed by atoms with E-state index in [1.54, 1.807) is 12.1 Å². The first-order chi connectivity index (χ1) is 14.1. The summed E-state index contributed by atoms with van der Waals surface area (Å²) in [5.74, 6) is 0.819. The highest BCUT2D eigenvalue weighted by Gasteiger charge is 2.11. The molecule has 0 aliphatic heterocycles. The number of carbonyl (C=O) groups is 1. The van der Waals surface area contributed by atoms with Gasteiger partial charge >= 0.3 is 0 Å². The highest BCUT2D eigenvalue weighted by atomic mass is 35.5. The summed E-state index contributed by atoms with van der Waals surface area (Å²) in [7, 11) is 0. The van der Waals surface area contributed by atoms with Crippen LogP contribution >= 0.6 is 11.6 Å². The summed E-state index contributed by atoms with van der Waals surface area (Å²) in [6, 6.07) is 15.2. The smallest absolute Gasteiger partial charge is 0.227 e. The maximum Gasteiger partial charge on any atom is 0.227 e. The summed E-state index contributed by atoms with van der Waals surface area (Å²) in [5.41, 5.74) is 2.77. The molecule has 148 valence electrons. The number of aromatic nitrogens is 3. The Morgan fingerprint density at radius 3 is 2.79 bits per heavy atom. The lowest BCUT2D eigenvalue weighted by molar-refractivity contribution is -0.116. The van der Waals surface area contributed by atoms with Crippen LogP contribution in [0.1, 0.15) is 25.7 Å². The van der Waals surface area contributed by atoms with E-state index in [9.17, 15) is 4.79 Å². The first kappa shape index (κ1) is 19.2. The Hall–Kier alpha value is -3.12. The Balaban J connectivity index is 1.35. The summed E-state index contributed by atoms with van der Waals surface area (Å²) in [4.78, 5) is 16.7. The van der Waals surface area contributed by atoms with Gasteiger partial charge in [-0.15, -0.1) is 0 Å². The first-order valence-electron chi connectivity index (χ1n) is 9.59. The number of benzene rings is 2.